The van der Waals surface area contributed by atoms with E-state index in [0.717, 1.165) is 38.0 Å². The average Bonchev–Trinajstić information content (AvgIpc) is 2.55. The maximum absolute atomic E-state index is 12.7. The van der Waals surface area contributed by atoms with E-state index in [9.17, 15) is 9.59 Å². The van der Waals surface area contributed by atoms with Crippen LogP contribution in [0.3, 0.4) is 0 Å². The number of likely N-dealkylation sites (tertiary alicyclic amines) is 1. The zero-order valence-electron chi connectivity index (χ0n) is 14.3. The minimum Gasteiger partial charge on any atom is -0.349 e. The first kappa shape index (κ1) is 18.7. The van der Waals surface area contributed by atoms with Crippen molar-refractivity contribution in [3.8, 4) is 0 Å². The third kappa shape index (κ3) is 5.49. The van der Waals surface area contributed by atoms with Crippen molar-refractivity contribution in [2.45, 2.75) is 32.2 Å². The lowest BCUT2D eigenvalue weighted by Gasteiger charge is -2.33. The molecule has 0 spiro atoms. The number of hydrogen-bond donors (Lipinski definition) is 2. The predicted molar refractivity (Wildman–Crippen MR) is 95.9 cm³/mol. The molecule has 0 radical (unpaired) electrons. The van der Waals surface area contributed by atoms with Crippen LogP contribution in [0.15, 0.2) is 24.3 Å². The summed E-state index contributed by atoms with van der Waals surface area (Å²) in [6, 6.07) is 6.95. The highest BCUT2D eigenvalue weighted by molar-refractivity contribution is 6.30. The van der Waals surface area contributed by atoms with Gasteiger partial charge in [-0.2, -0.15) is 0 Å². The first-order valence-corrected chi connectivity index (χ1v) is 8.82. The summed E-state index contributed by atoms with van der Waals surface area (Å²) in [4.78, 5) is 26.2. The molecule has 5 nitrogen and oxygen atoms in total. The first-order chi connectivity index (χ1) is 11.5. The summed E-state index contributed by atoms with van der Waals surface area (Å²) in [5.74, 6) is 0.446. The van der Waals surface area contributed by atoms with Crippen LogP contribution in [0.2, 0.25) is 5.02 Å². The summed E-state index contributed by atoms with van der Waals surface area (Å²) in [6.07, 6.45) is 2.45. The number of carbonyl (C=O) groups is 2. The number of halogens is 1. The number of rotatable bonds is 6. The molecule has 0 bridgehead atoms. The van der Waals surface area contributed by atoms with E-state index in [4.69, 9.17) is 11.6 Å². The Morgan fingerprint density at radius 2 is 2.04 bits per heavy atom. The Morgan fingerprint density at radius 1 is 1.33 bits per heavy atom. The van der Waals surface area contributed by atoms with Gasteiger partial charge in [-0.05, 0) is 50.0 Å². The molecule has 1 aromatic carbocycles. The van der Waals surface area contributed by atoms with Gasteiger partial charge in [0, 0.05) is 25.0 Å². The van der Waals surface area contributed by atoms with Gasteiger partial charge in [-0.1, -0.05) is 23.7 Å². The fraction of sp³-hybridized carbons (Fsp3) is 0.556. The van der Waals surface area contributed by atoms with Gasteiger partial charge in [0.2, 0.25) is 11.8 Å². The molecule has 1 aliphatic rings. The number of amides is 2. The van der Waals surface area contributed by atoms with E-state index < -0.39 is 0 Å². The fourth-order valence-electron chi connectivity index (χ4n) is 3.24. The van der Waals surface area contributed by atoms with Crippen LogP contribution in [0.5, 0.6) is 0 Å². The summed E-state index contributed by atoms with van der Waals surface area (Å²) in [5.41, 5.74) is 0.895. The largest absolute Gasteiger partial charge is 0.349 e. The number of carbonyl (C=O) groups excluding carboxylic acids is 2. The van der Waals surface area contributed by atoms with Gasteiger partial charge in [0.25, 0.3) is 0 Å². The van der Waals surface area contributed by atoms with Gasteiger partial charge in [-0.3, -0.25) is 9.59 Å². The molecule has 0 saturated carbocycles. The van der Waals surface area contributed by atoms with E-state index in [0.29, 0.717) is 10.9 Å². The third-order valence-electron chi connectivity index (χ3n) is 4.39. The quantitative estimate of drug-likeness (QED) is 0.827. The third-order valence-corrected chi connectivity index (χ3v) is 4.65. The topological polar surface area (TPSA) is 61.4 Å². The number of piperidine rings is 1. The van der Waals surface area contributed by atoms with Crippen molar-refractivity contribution in [2.75, 3.05) is 26.7 Å². The summed E-state index contributed by atoms with van der Waals surface area (Å²) in [7, 11) is 1.94. The van der Waals surface area contributed by atoms with E-state index in [1.54, 1.807) is 12.1 Å². The Hall–Kier alpha value is -1.59. The van der Waals surface area contributed by atoms with Crippen molar-refractivity contribution in [1.29, 1.82) is 0 Å². The summed E-state index contributed by atoms with van der Waals surface area (Å²) in [5, 5.41) is 6.70. The average molecular weight is 352 g/mol. The van der Waals surface area contributed by atoms with Gasteiger partial charge < -0.3 is 15.5 Å². The lowest BCUT2D eigenvalue weighted by Crippen LogP contribution is -2.43. The first-order valence-electron chi connectivity index (χ1n) is 8.44. The molecule has 2 amide bonds. The Labute approximate surface area is 148 Å². The standard InChI is InChI=1S/C18H26ClN3O2/c1-13(23)21-17(15-5-7-16(19)8-6-15)10-18(24)22-9-3-4-14(12-22)11-20-2/h5-8,14,17,20H,3-4,9-12H2,1-2H3,(H,21,23). The highest BCUT2D eigenvalue weighted by atomic mass is 35.5. The smallest absolute Gasteiger partial charge is 0.224 e. The molecule has 6 heteroatoms. The highest BCUT2D eigenvalue weighted by Crippen LogP contribution is 2.23. The van der Waals surface area contributed by atoms with Gasteiger partial charge in [-0.25, -0.2) is 0 Å². The van der Waals surface area contributed by atoms with E-state index in [1.807, 2.05) is 24.1 Å². The van der Waals surface area contributed by atoms with Crippen LogP contribution in [-0.4, -0.2) is 43.4 Å². The predicted octanol–water partition coefficient (Wildman–Crippen LogP) is 2.37. The van der Waals surface area contributed by atoms with Crippen molar-refractivity contribution in [3.63, 3.8) is 0 Å². The van der Waals surface area contributed by atoms with E-state index >= 15 is 0 Å². The molecule has 1 aromatic rings. The Balaban J connectivity index is 2.03. The number of hydrogen-bond acceptors (Lipinski definition) is 3. The molecule has 2 unspecified atom stereocenters. The van der Waals surface area contributed by atoms with Crippen LogP contribution >= 0.6 is 11.6 Å². The van der Waals surface area contributed by atoms with Crippen LogP contribution < -0.4 is 10.6 Å². The molecule has 2 atom stereocenters. The summed E-state index contributed by atoms with van der Waals surface area (Å²) in [6.45, 7) is 3.98. The molecule has 0 aromatic heterocycles. The molecule has 1 aliphatic heterocycles. The molecule has 1 saturated heterocycles. The zero-order chi connectivity index (χ0) is 17.5. The Morgan fingerprint density at radius 3 is 2.67 bits per heavy atom. The Bertz CT molecular complexity index is 560. The number of benzene rings is 1. The molecule has 0 aliphatic carbocycles. The SMILES string of the molecule is CNCC1CCCN(C(=O)CC(NC(C)=O)c2ccc(Cl)cc2)C1. The van der Waals surface area contributed by atoms with Crippen LogP contribution in [0.25, 0.3) is 0 Å². The van der Waals surface area contributed by atoms with Crippen molar-refractivity contribution >= 4 is 23.4 Å². The minimum atomic E-state index is -0.322. The molecule has 1 heterocycles. The minimum absolute atomic E-state index is 0.0875. The van der Waals surface area contributed by atoms with E-state index in [-0.39, 0.29) is 24.3 Å². The lowest BCUT2D eigenvalue weighted by molar-refractivity contribution is -0.133. The molecule has 132 valence electrons. The maximum Gasteiger partial charge on any atom is 0.224 e. The molecule has 24 heavy (non-hydrogen) atoms. The second-order valence-electron chi connectivity index (χ2n) is 6.41. The van der Waals surface area contributed by atoms with Crippen LogP contribution in [0.4, 0.5) is 0 Å². The van der Waals surface area contributed by atoms with Crippen molar-refractivity contribution in [1.82, 2.24) is 15.5 Å². The van der Waals surface area contributed by atoms with E-state index in [1.165, 1.54) is 6.92 Å². The molecular weight excluding hydrogens is 326 g/mol. The summed E-state index contributed by atoms with van der Waals surface area (Å²) >= 11 is 5.93. The van der Waals surface area contributed by atoms with Crippen LogP contribution in [0, 0.1) is 5.92 Å². The highest BCUT2D eigenvalue weighted by Gasteiger charge is 2.26. The molecule has 2 rings (SSSR count). The zero-order valence-corrected chi connectivity index (χ0v) is 15.1. The van der Waals surface area contributed by atoms with Crippen LogP contribution in [-0.2, 0) is 9.59 Å². The van der Waals surface area contributed by atoms with Gasteiger partial charge >= 0.3 is 0 Å². The second kappa shape index (κ2) is 9.04. The van der Waals surface area contributed by atoms with E-state index in [2.05, 4.69) is 10.6 Å². The van der Waals surface area contributed by atoms with Crippen molar-refractivity contribution in [2.24, 2.45) is 5.92 Å². The maximum atomic E-state index is 12.7. The van der Waals surface area contributed by atoms with Crippen molar-refractivity contribution < 1.29 is 9.59 Å². The molecule has 1 fully saturated rings. The number of nitrogens with zero attached hydrogens (tertiary/aromatic N) is 1. The van der Waals surface area contributed by atoms with Gasteiger partial charge in [0.15, 0.2) is 0 Å². The second-order valence-corrected chi connectivity index (χ2v) is 6.85. The monoisotopic (exact) mass is 351 g/mol. The Kier molecular flexibility index (Phi) is 7.06. The fourth-order valence-corrected chi connectivity index (χ4v) is 3.37. The van der Waals surface area contributed by atoms with Gasteiger partial charge in [-0.15, -0.1) is 0 Å². The van der Waals surface area contributed by atoms with Gasteiger partial charge in [0.05, 0.1) is 12.5 Å². The van der Waals surface area contributed by atoms with Gasteiger partial charge in [0.1, 0.15) is 0 Å². The molecule has 2 N–H and O–H groups in total. The molecular formula is C18H26ClN3O2. The normalized spacial score (nSPS) is 19.0. The van der Waals surface area contributed by atoms with Crippen molar-refractivity contribution in [3.05, 3.63) is 34.9 Å². The van der Waals surface area contributed by atoms with Crippen LogP contribution in [0.1, 0.15) is 37.8 Å². The number of nitrogens with one attached hydrogen (secondary N) is 2. The lowest BCUT2D eigenvalue weighted by atomic mass is 9.96. The summed E-state index contributed by atoms with van der Waals surface area (Å²) < 4.78 is 0.